The standard InChI is InChI=1S/C9H13N3O2/c1-6(2)8(9(13)14)11-7-4-3-5-10-12-7/h3-6,8H,1-2H3,(H,11,12)(H,13,14). The third-order valence-corrected chi connectivity index (χ3v) is 1.81. The zero-order valence-corrected chi connectivity index (χ0v) is 8.14. The van der Waals surface area contributed by atoms with E-state index >= 15 is 0 Å². The van der Waals surface area contributed by atoms with E-state index in [9.17, 15) is 4.79 Å². The fraction of sp³-hybridized carbons (Fsp3) is 0.444. The highest BCUT2D eigenvalue weighted by molar-refractivity contribution is 5.77. The van der Waals surface area contributed by atoms with Crippen molar-refractivity contribution in [1.82, 2.24) is 10.2 Å². The maximum Gasteiger partial charge on any atom is 0.326 e. The Morgan fingerprint density at radius 3 is 2.71 bits per heavy atom. The normalized spacial score (nSPS) is 12.5. The first-order chi connectivity index (χ1) is 6.61. The lowest BCUT2D eigenvalue weighted by Crippen LogP contribution is -2.34. The van der Waals surface area contributed by atoms with E-state index in [4.69, 9.17) is 5.11 Å². The molecular weight excluding hydrogens is 182 g/mol. The molecular formula is C9H13N3O2. The molecule has 0 spiro atoms. The second-order valence-corrected chi connectivity index (χ2v) is 3.31. The predicted molar refractivity (Wildman–Crippen MR) is 51.9 cm³/mol. The number of hydrogen-bond donors (Lipinski definition) is 2. The van der Waals surface area contributed by atoms with Gasteiger partial charge in [-0.25, -0.2) is 4.79 Å². The van der Waals surface area contributed by atoms with Crippen LogP contribution in [0.4, 0.5) is 5.82 Å². The van der Waals surface area contributed by atoms with Crippen LogP contribution in [0.25, 0.3) is 0 Å². The van der Waals surface area contributed by atoms with Crippen LogP contribution >= 0.6 is 0 Å². The van der Waals surface area contributed by atoms with Gasteiger partial charge in [0.2, 0.25) is 0 Å². The zero-order chi connectivity index (χ0) is 10.6. The topological polar surface area (TPSA) is 75.1 Å². The number of carbonyl (C=O) groups is 1. The van der Waals surface area contributed by atoms with Crippen LogP contribution in [0, 0.1) is 5.92 Å². The summed E-state index contributed by atoms with van der Waals surface area (Å²) in [7, 11) is 0. The van der Waals surface area contributed by atoms with Crippen molar-refractivity contribution >= 4 is 11.8 Å². The summed E-state index contributed by atoms with van der Waals surface area (Å²) >= 11 is 0. The fourth-order valence-electron chi connectivity index (χ4n) is 1.05. The molecule has 0 aliphatic rings. The SMILES string of the molecule is CC(C)C(Nc1cccnn1)C(=O)O. The van der Waals surface area contributed by atoms with E-state index in [2.05, 4.69) is 15.5 Å². The Balaban J connectivity index is 2.70. The molecule has 0 saturated heterocycles. The molecule has 0 amide bonds. The summed E-state index contributed by atoms with van der Waals surface area (Å²) in [5.41, 5.74) is 0. The molecule has 0 saturated carbocycles. The van der Waals surface area contributed by atoms with E-state index in [0.29, 0.717) is 5.82 Å². The molecule has 14 heavy (non-hydrogen) atoms. The Hall–Kier alpha value is -1.65. The van der Waals surface area contributed by atoms with Crippen LogP contribution in [0.1, 0.15) is 13.8 Å². The van der Waals surface area contributed by atoms with Crippen LogP contribution in [0.15, 0.2) is 18.3 Å². The number of aliphatic carboxylic acids is 1. The highest BCUT2D eigenvalue weighted by Crippen LogP contribution is 2.08. The Morgan fingerprint density at radius 2 is 2.29 bits per heavy atom. The molecule has 5 heteroatoms. The van der Waals surface area contributed by atoms with Crippen LogP contribution in [-0.4, -0.2) is 27.3 Å². The van der Waals surface area contributed by atoms with Crippen LogP contribution in [-0.2, 0) is 4.79 Å². The first-order valence-corrected chi connectivity index (χ1v) is 4.38. The van der Waals surface area contributed by atoms with Gasteiger partial charge in [0.1, 0.15) is 11.9 Å². The quantitative estimate of drug-likeness (QED) is 0.749. The van der Waals surface area contributed by atoms with Crippen LogP contribution in [0.3, 0.4) is 0 Å². The minimum Gasteiger partial charge on any atom is -0.480 e. The third-order valence-electron chi connectivity index (χ3n) is 1.81. The molecule has 0 fully saturated rings. The van der Waals surface area contributed by atoms with Gasteiger partial charge in [-0.2, -0.15) is 5.10 Å². The minimum atomic E-state index is -0.884. The molecule has 0 aromatic carbocycles. The largest absolute Gasteiger partial charge is 0.480 e. The molecule has 1 unspecified atom stereocenters. The fourth-order valence-corrected chi connectivity index (χ4v) is 1.05. The number of rotatable bonds is 4. The van der Waals surface area contributed by atoms with E-state index in [1.54, 1.807) is 12.1 Å². The van der Waals surface area contributed by atoms with Gasteiger partial charge in [0.25, 0.3) is 0 Å². The van der Waals surface area contributed by atoms with Crippen molar-refractivity contribution in [2.45, 2.75) is 19.9 Å². The lowest BCUT2D eigenvalue weighted by Gasteiger charge is -2.17. The molecule has 2 N–H and O–H groups in total. The highest BCUT2D eigenvalue weighted by Gasteiger charge is 2.21. The summed E-state index contributed by atoms with van der Waals surface area (Å²) in [4.78, 5) is 10.8. The lowest BCUT2D eigenvalue weighted by molar-refractivity contribution is -0.138. The molecule has 5 nitrogen and oxygen atoms in total. The summed E-state index contributed by atoms with van der Waals surface area (Å²) in [6, 6.07) is 2.76. The molecule has 76 valence electrons. The maximum absolute atomic E-state index is 10.8. The summed E-state index contributed by atoms with van der Waals surface area (Å²) in [5.74, 6) is -0.409. The number of aromatic nitrogens is 2. The van der Waals surface area contributed by atoms with Gasteiger partial charge in [-0.1, -0.05) is 13.8 Å². The Bertz CT molecular complexity index is 300. The van der Waals surface area contributed by atoms with Crippen molar-refractivity contribution in [2.75, 3.05) is 5.32 Å². The minimum absolute atomic E-state index is 0.00509. The zero-order valence-electron chi connectivity index (χ0n) is 8.14. The summed E-state index contributed by atoms with van der Waals surface area (Å²) in [5, 5.41) is 19.1. The van der Waals surface area contributed by atoms with Crippen molar-refractivity contribution in [3.05, 3.63) is 18.3 Å². The lowest BCUT2D eigenvalue weighted by atomic mass is 10.1. The van der Waals surface area contributed by atoms with Gasteiger partial charge in [0.05, 0.1) is 0 Å². The summed E-state index contributed by atoms with van der Waals surface area (Å²) in [6.45, 7) is 3.67. The van der Waals surface area contributed by atoms with Gasteiger partial charge in [0, 0.05) is 6.20 Å². The van der Waals surface area contributed by atoms with Crippen molar-refractivity contribution in [2.24, 2.45) is 5.92 Å². The first-order valence-electron chi connectivity index (χ1n) is 4.38. The molecule has 0 aliphatic heterocycles. The van der Waals surface area contributed by atoms with Gasteiger partial charge in [0.15, 0.2) is 0 Å². The number of anilines is 1. The maximum atomic E-state index is 10.8. The molecule has 0 aliphatic carbocycles. The van der Waals surface area contributed by atoms with E-state index in [0.717, 1.165) is 0 Å². The molecule has 1 aromatic heterocycles. The van der Waals surface area contributed by atoms with Crippen molar-refractivity contribution < 1.29 is 9.90 Å². The molecule has 1 heterocycles. The van der Waals surface area contributed by atoms with Gasteiger partial charge >= 0.3 is 5.97 Å². The number of carboxylic acids is 1. The average Bonchev–Trinajstić information content (AvgIpc) is 2.15. The van der Waals surface area contributed by atoms with Crippen molar-refractivity contribution in [3.8, 4) is 0 Å². The second-order valence-electron chi connectivity index (χ2n) is 3.31. The number of carboxylic acid groups (broad SMARTS) is 1. The molecule has 1 rings (SSSR count). The number of nitrogens with zero attached hydrogens (tertiary/aromatic N) is 2. The number of hydrogen-bond acceptors (Lipinski definition) is 4. The van der Waals surface area contributed by atoms with Gasteiger partial charge < -0.3 is 10.4 Å². The van der Waals surface area contributed by atoms with E-state index in [1.807, 2.05) is 13.8 Å². The summed E-state index contributed by atoms with van der Waals surface area (Å²) in [6.07, 6.45) is 1.54. The number of nitrogens with one attached hydrogen (secondary N) is 1. The Morgan fingerprint density at radius 1 is 1.57 bits per heavy atom. The Labute approximate surface area is 82.2 Å². The highest BCUT2D eigenvalue weighted by atomic mass is 16.4. The van der Waals surface area contributed by atoms with E-state index in [-0.39, 0.29) is 5.92 Å². The van der Waals surface area contributed by atoms with Crippen molar-refractivity contribution in [1.29, 1.82) is 0 Å². The first kappa shape index (κ1) is 10.4. The van der Waals surface area contributed by atoms with Gasteiger partial charge in [-0.15, -0.1) is 5.10 Å². The van der Waals surface area contributed by atoms with Gasteiger partial charge in [-0.05, 0) is 18.1 Å². The molecule has 1 aromatic rings. The monoisotopic (exact) mass is 195 g/mol. The van der Waals surface area contributed by atoms with Crippen molar-refractivity contribution in [3.63, 3.8) is 0 Å². The van der Waals surface area contributed by atoms with Gasteiger partial charge in [-0.3, -0.25) is 0 Å². The molecule has 0 radical (unpaired) electrons. The predicted octanol–water partition coefficient (Wildman–Crippen LogP) is 0.998. The summed E-state index contributed by atoms with van der Waals surface area (Å²) < 4.78 is 0. The van der Waals surface area contributed by atoms with Crippen LogP contribution in [0.2, 0.25) is 0 Å². The Kier molecular flexibility index (Phi) is 3.39. The smallest absolute Gasteiger partial charge is 0.326 e. The molecule has 0 bridgehead atoms. The third kappa shape index (κ3) is 2.69. The molecule has 1 atom stereocenters. The second kappa shape index (κ2) is 4.55. The van der Waals surface area contributed by atoms with E-state index < -0.39 is 12.0 Å². The van der Waals surface area contributed by atoms with Crippen LogP contribution < -0.4 is 5.32 Å². The average molecular weight is 195 g/mol. The van der Waals surface area contributed by atoms with Crippen LogP contribution in [0.5, 0.6) is 0 Å². The van der Waals surface area contributed by atoms with E-state index in [1.165, 1.54) is 6.20 Å².